The van der Waals surface area contributed by atoms with E-state index in [1.165, 1.54) is 109 Å². The van der Waals surface area contributed by atoms with Gasteiger partial charge in [0.05, 0.1) is 16.9 Å². The van der Waals surface area contributed by atoms with Gasteiger partial charge in [0.2, 0.25) is 7.28 Å². The lowest BCUT2D eigenvalue weighted by atomic mass is 9.60. The smallest absolute Gasteiger partial charge is 0.247 e. The number of anilines is 2. The van der Waals surface area contributed by atoms with Crippen molar-refractivity contribution in [3.05, 3.63) is 173 Å². The van der Waals surface area contributed by atoms with Crippen molar-refractivity contribution in [1.82, 2.24) is 4.57 Å². The van der Waals surface area contributed by atoms with Crippen molar-refractivity contribution in [2.45, 2.75) is 97.8 Å². The second-order valence-electron chi connectivity index (χ2n) is 23.7. The fourth-order valence-electron chi connectivity index (χ4n) is 11.9. The van der Waals surface area contributed by atoms with Gasteiger partial charge in [-0.1, -0.05) is 167 Å². The van der Waals surface area contributed by atoms with E-state index in [1.807, 2.05) is 11.3 Å². The zero-order valence-electron chi connectivity index (χ0n) is 42.2. The van der Waals surface area contributed by atoms with E-state index in [-0.39, 0.29) is 21.7 Å². The van der Waals surface area contributed by atoms with Gasteiger partial charge in [0, 0.05) is 64.2 Å². The Balaban J connectivity index is 1.19. The Kier molecular flexibility index (Phi) is 9.03. The fourth-order valence-corrected chi connectivity index (χ4v) is 13.0. The minimum Gasteiger partial charge on any atom is -0.469 e. The van der Waals surface area contributed by atoms with Gasteiger partial charge in [-0.25, -0.2) is 0 Å². The molecule has 0 unspecified atom stereocenters. The highest BCUT2D eigenvalue weighted by atomic mass is 32.1. The molecule has 13 rings (SSSR count). The molecule has 0 amide bonds. The van der Waals surface area contributed by atoms with Crippen LogP contribution in [0.3, 0.4) is 0 Å². The van der Waals surface area contributed by atoms with E-state index in [0.717, 1.165) is 33.7 Å². The summed E-state index contributed by atoms with van der Waals surface area (Å²) in [7, 11) is 2.39. The molecule has 1 radical (unpaired) electrons. The minimum atomic E-state index is -0.311. The summed E-state index contributed by atoms with van der Waals surface area (Å²) in [5.74, 6) is 0. The van der Waals surface area contributed by atoms with E-state index in [2.05, 4.69) is 239 Å². The van der Waals surface area contributed by atoms with Crippen LogP contribution in [0.2, 0.25) is 0 Å². The van der Waals surface area contributed by atoms with Gasteiger partial charge in [-0.3, -0.25) is 0 Å². The van der Waals surface area contributed by atoms with Crippen LogP contribution in [-0.2, 0) is 21.7 Å². The van der Waals surface area contributed by atoms with Crippen LogP contribution in [0.5, 0.6) is 0 Å². The van der Waals surface area contributed by atoms with Crippen molar-refractivity contribution in [1.29, 1.82) is 0 Å². The summed E-state index contributed by atoms with van der Waals surface area (Å²) < 4.78 is 12.3. The molecule has 0 saturated carbocycles. The molecule has 2 aliphatic rings. The normalized spacial score (nSPS) is 14.2. The lowest BCUT2D eigenvalue weighted by molar-refractivity contribution is 0.590. The van der Waals surface area contributed by atoms with Crippen LogP contribution in [-0.4, -0.2) is 11.8 Å². The molecular formula is C65H58BN2OS. The number of rotatable bonds is 4. The summed E-state index contributed by atoms with van der Waals surface area (Å²) in [6, 6.07) is 55.0. The summed E-state index contributed by atoms with van der Waals surface area (Å²) in [4.78, 5) is 0. The van der Waals surface area contributed by atoms with Crippen molar-refractivity contribution in [3.63, 3.8) is 0 Å². The highest BCUT2D eigenvalue weighted by molar-refractivity contribution is 7.25. The van der Waals surface area contributed by atoms with Gasteiger partial charge in [-0.2, -0.15) is 0 Å². The zero-order chi connectivity index (χ0) is 48.4. The van der Waals surface area contributed by atoms with Crippen LogP contribution < -0.4 is 16.4 Å². The van der Waals surface area contributed by atoms with Crippen LogP contribution in [0.15, 0.2) is 150 Å². The Morgan fingerprint density at radius 3 is 1.97 bits per heavy atom. The van der Waals surface area contributed by atoms with Gasteiger partial charge >= 0.3 is 0 Å². The molecule has 0 spiro atoms. The third-order valence-corrected chi connectivity index (χ3v) is 16.8. The highest BCUT2D eigenvalue weighted by Gasteiger charge is 2.44. The minimum absolute atomic E-state index is 0.0425. The molecule has 1 aliphatic heterocycles. The topological polar surface area (TPSA) is 30.1 Å². The van der Waals surface area contributed by atoms with Gasteiger partial charge in [-0.15, -0.1) is 11.3 Å². The van der Waals surface area contributed by atoms with Crippen LogP contribution >= 0.6 is 11.3 Å². The Bertz CT molecular complexity index is 4010. The number of thiophene rings is 1. The number of fused-ring (bicyclic) bond motifs is 14. The molecule has 1 aliphatic carbocycles. The highest BCUT2D eigenvalue weighted by Crippen LogP contribution is 2.58. The maximum atomic E-state index is 7.11. The lowest BCUT2D eigenvalue weighted by Crippen LogP contribution is -2.37. The number of nitrogens with zero attached hydrogens (tertiary/aromatic N) is 1. The molecule has 1 N–H and O–H groups in total. The number of benzene rings is 8. The predicted octanol–water partition coefficient (Wildman–Crippen LogP) is 17.1. The molecule has 0 atom stereocenters. The maximum absolute atomic E-state index is 7.11. The van der Waals surface area contributed by atoms with E-state index in [1.54, 1.807) is 0 Å². The zero-order valence-corrected chi connectivity index (χ0v) is 43.0. The maximum Gasteiger partial charge on any atom is 0.247 e. The average molecular weight is 926 g/mol. The predicted molar refractivity (Wildman–Crippen MR) is 303 cm³/mol. The summed E-state index contributed by atoms with van der Waals surface area (Å²) >= 11 is 1.90. The average Bonchev–Trinajstić information content (AvgIpc) is 4.04. The van der Waals surface area contributed by atoms with Gasteiger partial charge in [0.15, 0.2) is 0 Å². The Morgan fingerprint density at radius 1 is 0.557 bits per heavy atom. The Hall–Kier alpha value is -6.82. The molecule has 3 aromatic heterocycles. The summed E-state index contributed by atoms with van der Waals surface area (Å²) in [5.41, 5.74) is 22.5. The summed E-state index contributed by atoms with van der Waals surface area (Å²) in [6.07, 6.45) is 0. The van der Waals surface area contributed by atoms with Gasteiger partial charge in [0.1, 0.15) is 5.58 Å². The first-order chi connectivity index (χ1) is 33.3. The first kappa shape index (κ1) is 43.2. The van der Waals surface area contributed by atoms with Crippen molar-refractivity contribution < 1.29 is 4.42 Å². The molecule has 5 heteroatoms. The number of aromatic nitrogens is 1. The monoisotopic (exact) mass is 925 g/mol. The lowest BCUT2D eigenvalue weighted by Gasteiger charge is -2.28. The molecule has 0 saturated heterocycles. The largest absolute Gasteiger partial charge is 0.469 e. The molecule has 343 valence electrons. The van der Waals surface area contributed by atoms with E-state index in [9.17, 15) is 0 Å². The van der Waals surface area contributed by atoms with E-state index >= 15 is 0 Å². The molecule has 8 aromatic carbocycles. The van der Waals surface area contributed by atoms with Gasteiger partial charge in [0.25, 0.3) is 0 Å². The molecule has 4 heterocycles. The van der Waals surface area contributed by atoms with Crippen LogP contribution in [0.4, 0.5) is 11.4 Å². The van der Waals surface area contributed by atoms with E-state index < -0.39 is 0 Å². The SMILES string of the molecule is CC(C)(C)c1ccc(Nc2cc3sc4cc(C(C)(C)C)ccc4c3cc2-c2c3c(c4c5cc(C(C)(C)C)ccc5n5c4c2[B]c2oc4ccc(-c6ccccc6)cc4c2-5)C(C)(C)c2ccccc2-3)cc1. The molecular weight excluding hydrogens is 868 g/mol. The number of nitrogens with one attached hydrogen (secondary N) is 1. The Labute approximate surface area is 416 Å². The fraction of sp³-hybridized carbons (Fsp3) is 0.231. The third kappa shape index (κ3) is 6.33. The standard InChI is InChI=1S/C65H58BN2OS/c1-62(2,3)38-22-26-41(27-23-38)67-49-35-53-44(42-28-24-40(64(7,8)9)33-52(42)70-53)34-45(49)55-54-43-19-15-16-20-48(43)65(10,11)57(54)56-46-32-39(63(4,5)6)25-29-50(46)68-59-47-31-37(36-17-13-12-14-18-36)21-30-51(47)69-61(59)66-58(55)60(56)68/h12-35,67H,1-11H3. The number of hydrogen-bond acceptors (Lipinski definition) is 3. The van der Waals surface area contributed by atoms with Crippen molar-refractivity contribution >= 4 is 94.1 Å². The van der Waals surface area contributed by atoms with Crippen LogP contribution in [0, 0.1) is 0 Å². The van der Waals surface area contributed by atoms with Crippen molar-refractivity contribution in [2.24, 2.45) is 0 Å². The number of hydrogen-bond donors (Lipinski definition) is 1. The number of furan rings is 1. The van der Waals surface area contributed by atoms with E-state index in [4.69, 9.17) is 4.42 Å². The van der Waals surface area contributed by atoms with Gasteiger partial charge < -0.3 is 14.3 Å². The molecule has 0 bridgehead atoms. The summed E-state index contributed by atoms with van der Waals surface area (Å²) in [5, 5.41) is 10.4. The van der Waals surface area contributed by atoms with E-state index in [0.29, 0.717) is 0 Å². The van der Waals surface area contributed by atoms with Crippen LogP contribution in [0.25, 0.3) is 92.0 Å². The van der Waals surface area contributed by atoms with Crippen LogP contribution in [0.1, 0.15) is 104 Å². The van der Waals surface area contributed by atoms with Crippen molar-refractivity contribution in [2.75, 3.05) is 5.32 Å². The quantitative estimate of drug-likeness (QED) is 0.178. The third-order valence-electron chi connectivity index (χ3n) is 15.7. The summed E-state index contributed by atoms with van der Waals surface area (Å²) in [6.45, 7) is 25.7. The first-order valence-electron chi connectivity index (χ1n) is 25.0. The molecule has 3 nitrogen and oxygen atoms in total. The van der Waals surface area contributed by atoms with Crippen molar-refractivity contribution in [3.8, 4) is 39.1 Å². The van der Waals surface area contributed by atoms with Gasteiger partial charge in [-0.05, 0) is 132 Å². The Morgan fingerprint density at radius 2 is 1.23 bits per heavy atom. The molecule has 0 fully saturated rings. The second kappa shape index (κ2) is 14.6. The second-order valence-corrected chi connectivity index (χ2v) is 24.8. The first-order valence-corrected chi connectivity index (χ1v) is 25.8. The molecule has 70 heavy (non-hydrogen) atoms. The molecule has 11 aromatic rings.